The molecule has 1 heterocycles. The second kappa shape index (κ2) is 4.65. The monoisotopic (exact) mass is 303 g/mol. The number of benzene rings is 1. The molecule has 0 spiro atoms. The SMILES string of the molecule is O=C(O)[C@H]1CN[C@@H](c2cc(Br)ccc2O)S1. The Morgan fingerprint density at radius 1 is 1.56 bits per heavy atom. The summed E-state index contributed by atoms with van der Waals surface area (Å²) in [6, 6.07) is 5.13. The summed E-state index contributed by atoms with van der Waals surface area (Å²) >= 11 is 4.63. The first kappa shape index (κ1) is 11.8. The topological polar surface area (TPSA) is 69.6 Å². The molecule has 2 atom stereocenters. The molecule has 1 aromatic rings. The second-order valence-electron chi connectivity index (χ2n) is 3.45. The molecule has 6 heteroatoms. The molecule has 0 aliphatic carbocycles. The van der Waals surface area contributed by atoms with Crippen molar-refractivity contribution in [2.75, 3.05) is 6.54 Å². The third-order valence-corrected chi connectivity index (χ3v) is 4.22. The van der Waals surface area contributed by atoms with Crippen molar-refractivity contribution in [2.24, 2.45) is 0 Å². The zero-order valence-electron chi connectivity index (χ0n) is 8.18. The summed E-state index contributed by atoms with van der Waals surface area (Å²) in [5.74, 6) is -0.645. The van der Waals surface area contributed by atoms with Crippen LogP contribution in [0.4, 0.5) is 0 Å². The largest absolute Gasteiger partial charge is 0.508 e. The van der Waals surface area contributed by atoms with E-state index < -0.39 is 11.2 Å². The highest BCUT2D eigenvalue weighted by Crippen LogP contribution is 2.39. The molecule has 1 saturated heterocycles. The van der Waals surface area contributed by atoms with Crippen molar-refractivity contribution >= 4 is 33.7 Å². The molecule has 3 N–H and O–H groups in total. The average Bonchev–Trinajstić information content (AvgIpc) is 2.70. The molecule has 0 radical (unpaired) electrons. The van der Waals surface area contributed by atoms with Gasteiger partial charge in [-0.05, 0) is 18.2 Å². The molecule has 1 aromatic carbocycles. The van der Waals surface area contributed by atoms with Crippen LogP contribution in [-0.4, -0.2) is 28.0 Å². The third kappa shape index (κ3) is 2.34. The number of hydrogen-bond donors (Lipinski definition) is 3. The lowest BCUT2D eigenvalue weighted by Crippen LogP contribution is -2.21. The van der Waals surface area contributed by atoms with Gasteiger partial charge in [0, 0.05) is 16.6 Å². The smallest absolute Gasteiger partial charge is 0.318 e. The number of carbonyl (C=O) groups is 1. The van der Waals surface area contributed by atoms with Crippen molar-refractivity contribution in [1.82, 2.24) is 5.32 Å². The van der Waals surface area contributed by atoms with Gasteiger partial charge >= 0.3 is 5.97 Å². The Morgan fingerprint density at radius 2 is 2.31 bits per heavy atom. The van der Waals surface area contributed by atoms with Crippen LogP contribution in [-0.2, 0) is 4.79 Å². The number of carboxylic acid groups (broad SMARTS) is 1. The van der Waals surface area contributed by atoms with Crippen LogP contribution < -0.4 is 5.32 Å². The highest BCUT2D eigenvalue weighted by atomic mass is 79.9. The summed E-state index contributed by atoms with van der Waals surface area (Å²) in [5, 5.41) is 21.0. The summed E-state index contributed by atoms with van der Waals surface area (Å²) in [5.41, 5.74) is 0.711. The zero-order valence-corrected chi connectivity index (χ0v) is 10.6. The van der Waals surface area contributed by atoms with Crippen LogP contribution in [0.3, 0.4) is 0 Å². The lowest BCUT2D eigenvalue weighted by molar-refractivity contribution is -0.136. The number of carboxylic acids is 1. The van der Waals surface area contributed by atoms with Crippen LogP contribution in [0.25, 0.3) is 0 Å². The van der Waals surface area contributed by atoms with Crippen LogP contribution in [0.15, 0.2) is 22.7 Å². The van der Waals surface area contributed by atoms with Gasteiger partial charge in [-0.15, -0.1) is 11.8 Å². The van der Waals surface area contributed by atoms with Crippen LogP contribution in [0.1, 0.15) is 10.9 Å². The van der Waals surface area contributed by atoms with Gasteiger partial charge in [-0.25, -0.2) is 0 Å². The van der Waals surface area contributed by atoms with E-state index in [1.54, 1.807) is 18.2 Å². The number of rotatable bonds is 2. The van der Waals surface area contributed by atoms with Crippen LogP contribution in [0.5, 0.6) is 5.75 Å². The van der Waals surface area contributed by atoms with Gasteiger partial charge in [-0.1, -0.05) is 15.9 Å². The van der Waals surface area contributed by atoms with E-state index in [1.807, 2.05) is 0 Å². The Morgan fingerprint density at radius 3 is 2.94 bits per heavy atom. The summed E-state index contributed by atoms with van der Waals surface area (Å²) in [6.07, 6.45) is 0. The maximum atomic E-state index is 10.8. The van der Waals surface area contributed by atoms with Gasteiger partial charge in [-0.3, -0.25) is 10.1 Å². The average molecular weight is 304 g/mol. The van der Waals surface area contributed by atoms with Crippen molar-refractivity contribution in [3.63, 3.8) is 0 Å². The minimum Gasteiger partial charge on any atom is -0.508 e. The van der Waals surface area contributed by atoms with E-state index in [0.29, 0.717) is 12.1 Å². The standard InChI is InChI=1S/C10H10BrNO3S/c11-5-1-2-7(13)6(3-5)9-12-4-8(16-9)10(14)15/h1-3,8-9,12-13H,4H2,(H,14,15)/t8-,9-/m1/s1. The predicted molar refractivity (Wildman–Crippen MR) is 65.6 cm³/mol. The van der Waals surface area contributed by atoms with E-state index >= 15 is 0 Å². The van der Waals surface area contributed by atoms with E-state index in [4.69, 9.17) is 5.11 Å². The van der Waals surface area contributed by atoms with Gasteiger partial charge in [0.1, 0.15) is 11.0 Å². The number of phenols is 1. The highest BCUT2D eigenvalue weighted by Gasteiger charge is 2.32. The Bertz CT molecular complexity index is 427. The first-order valence-electron chi connectivity index (χ1n) is 4.68. The molecule has 0 aromatic heterocycles. The quantitative estimate of drug-likeness (QED) is 0.779. The molecular weight excluding hydrogens is 294 g/mol. The molecule has 16 heavy (non-hydrogen) atoms. The van der Waals surface area contributed by atoms with Gasteiger partial charge in [0.15, 0.2) is 0 Å². The van der Waals surface area contributed by atoms with Crippen molar-refractivity contribution in [3.8, 4) is 5.75 Å². The molecule has 0 bridgehead atoms. The number of halogens is 1. The Kier molecular flexibility index (Phi) is 3.41. The second-order valence-corrected chi connectivity index (χ2v) is 5.68. The number of nitrogens with one attached hydrogen (secondary N) is 1. The van der Waals surface area contributed by atoms with Gasteiger partial charge in [-0.2, -0.15) is 0 Å². The first-order chi connectivity index (χ1) is 7.58. The molecule has 2 rings (SSSR count). The van der Waals surface area contributed by atoms with Gasteiger partial charge in [0.05, 0.1) is 5.37 Å². The molecule has 0 saturated carbocycles. The van der Waals surface area contributed by atoms with Crippen molar-refractivity contribution in [1.29, 1.82) is 0 Å². The van der Waals surface area contributed by atoms with E-state index in [1.165, 1.54) is 11.8 Å². The molecule has 0 unspecified atom stereocenters. The summed E-state index contributed by atoms with van der Waals surface area (Å²) in [7, 11) is 0. The number of thioether (sulfide) groups is 1. The maximum Gasteiger partial charge on any atom is 0.318 e. The lowest BCUT2D eigenvalue weighted by Gasteiger charge is -2.12. The van der Waals surface area contributed by atoms with E-state index in [-0.39, 0.29) is 11.1 Å². The number of hydrogen-bond acceptors (Lipinski definition) is 4. The van der Waals surface area contributed by atoms with Crippen LogP contribution in [0.2, 0.25) is 0 Å². The molecule has 86 valence electrons. The van der Waals surface area contributed by atoms with E-state index in [9.17, 15) is 9.90 Å². The summed E-state index contributed by atoms with van der Waals surface area (Å²) < 4.78 is 0.862. The lowest BCUT2D eigenvalue weighted by atomic mass is 10.2. The van der Waals surface area contributed by atoms with Crippen molar-refractivity contribution in [2.45, 2.75) is 10.6 Å². The fourth-order valence-electron chi connectivity index (χ4n) is 1.54. The molecule has 4 nitrogen and oxygen atoms in total. The van der Waals surface area contributed by atoms with Crippen LogP contribution in [0, 0.1) is 0 Å². The Balaban J connectivity index is 2.20. The Labute approximate surface area is 105 Å². The van der Waals surface area contributed by atoms with Gasteiger partial charge in [0.2, 0.25) is 0 Å². The fourth-order valence-corrected chi connectivity index (χ4v) is 3.08. The third-order valence-electron chi connectivity index (χ3n) is 2.34. The minimum atomic E-state index is -0.825. The first-order valence-corrected chi connectivity index (χ1v) is 6.41. The van der Waals surface area contributed by atoms with E-state index in [2.05, 4.69) is 21.2 Å². The van der Waals surface area contributed by atoms with Gasteiger partial charge < -0.3 is 10.2 Å². The summed E-state index contributed by atoms with van der Waals surface area (Å²) in [4.78, 5) is 10.8. The van der Waals surface area contributed by atoms with Crippen molar-refractivity contribution < 1.29 is 15.0 Å². The fraction of sp³-hybridized carbons (Fsp3) is 0.300. The zero-order chi connectivity index (χ0) is 11.7. The van der Waals surface area contributed by atoms with Crippen LogP contribution >= 0.6 is 27.7 Å². The number of aliphatic carboxylic acids is 1. The predicted octanol–water partition coefficient (Wildman–Crippen LogP) is 1.94. The molecule has 1 fully saturated rings. The highest BCUT2D eigenvalue weighted by molar-refractivity contribution is 9.10. The summed E-state index contributed by atoms with van der Waals surface area (Å²) in [6.45, 7) is 0.413. The molecule has 1 aliphatic rings. The van der Waals surface area contributed by atoms with E-state index in [0.717, 1.165) is 4.47 Å². The molecule has 0 amide bonds. The van der Waals surface area contributed by atoms with Gasteiger partial charge in [0.25, 0.3) is 0 Å². The minimum absolute atomic E-state index is 0.168. The van der Waals surface area contributed by atoms with Crippen molar-refractivity contribution in [3.05, 3.63) is 28.2 Å². The Hall–Kier alpha value is -0.720. The number of phenolic OH excluding ortho intramolecular Hbond substituents is 1. The molecular formula is C10H10BrNO3S. The normalized spacial score (nSPS) is 24.6. The number of aromatic hydroxyl groups is 1. The molecule has 1 aliphatic heterocycles. The maximum absolute atomic E-state index is 10.8.